The van der Waals surface area contributed by atoms with Crippen LogP contribution in [0.15, 0.2) is 65.8 Å². The van der Waals surface area contributed by atoms with E-state index in [1.165, 1.54) is 18.3 Å². The van der Waals surface area contributed by atoms with Crippen LogP contribution < -0.4 is 5.43 Å². The van der Waals surface area contributed by atoms with Gasteiger partial charge in [0.25, 0.3) is 5.69 Å². The van der Waals surface area contributed by atoms with Crippen LogP contribution in [-0.4, -0.2) is 16.1 Å². The molecule has 0 aliphatic rings. The van der Waals surface area contributed by atoms with Crippen molar-refractivity contribution in [1.29, 1.82) is 0 Å². The number of fused-ring (bicyclic) bond motifs is 1. The third kappa shape index (κ3) is 3.06. The molecule has 1 N–H and O–H groups in total. The van der Waals surface area contributed by atoms with Crippen LogP contribution in [0.1, 0.15) is 5.56 Å². The zero-order chi connectivity index (χ0) is 15.4. The number of rotatable bonds is 4. The lowest BCUT2D eigenvalue weighted by Gasteiger charge is -2.01. The highest BCUT2D eigenvalue weighted by Crippen LogP contribution is 2.15. The maximum atomic E-state index is 10.7. The highest BCUT2D eigenvalue weighted by Gasteiger charge is 2.03. The van der Waals surface area contributed by atoms with E-state index in [1.54, 1.807) is 12.1 Å². The summed E-state index contributed by atoms with van der Waals surface area (Å²) in [7, 11) is 0. The summed E-state index contributed by atoms with van der Waals surface area (Å²) in [6, 6.07) is 17.8. The van der Waals surface area contributed by atoms with Gasteiger partial charge in [0.2, 0.25) is 0 Å². The monoisotopic (exact) mass is 292 g/mol. The zero-order valence-electron chi connectivity index (χ0n) is 11.5. The fourth-order valence-corrected chi connectivity index (χ4v) is 2.02. The number of hydrogen-bond acceptors (Lipinski definition) is 5. The van der Waals surface area contributed by atoms with Gasteiger partial charge in [-0.05, 0) is 18.2 Å². The zero-order valence-corrected chi connectivity index (χ0v) is 11.5. The van der Waals surface area contributed by atoms with E-state index >= 15 is 0 Å². The molecule has 3 rings (SSSR count). The van der Waals surface area contributed by atoms with Crippen LogP contribution in [0, 0.1) is 10.1 Å². The number of hydrazone groups is 1. The first kappa shape index (κ1) is 13.7. The Balaban J connectivity index is 1.75. The minimum absolute atomic E-state index is 0.0350. The Hall–Kier alpha value is -3.28. The molecule has 1 heterocycles. The first-order valence-corrected chi connectivity index (χ1v) is 6.62. The second-order valence-corrected chi connectivity index (χ2v) is 4.61. The quantitative estimate of drug-likeness (QED) is 0.452. The van der Waals surface area contributed by atoms with Crippen molar-refractivity contribution in [2.24, 2.45) is 5.10 Å². The van der Waals surface area contributed by atoms with E-state index in [9.17, 15) is 10.1 Å². The number of anilines is 1. The molecule has 6 nitrogen and oxygen atoms in total. The van der Waals surface area contributed by atoms with Crippen LogP contribution >= 0.6 is 0 Å². The van der Waals surface area contributed by atoms with Crippen LogP contribution in [0.3, 0.4) is 0 Å². The molecule has 0 aliphatic heterocycles. The van der Waals surface area contributed by atoms with Gasteiger partial charge < -0.3 is 0 Å². The Bertz CT molecular complexity index is 861. The van der Waals surface area contributed by atoms with Gasteiger partial charge in [-0.15, -0.1) is 0 Å². The molecule has 0 radical (unpaired) electrons. The number of benzene rings is 2. The molecule has 1 aromatic heterocycles. The van der Waals surface area contributed by atoms with E-state index in [-0.39, 0.29) is 5.69 Å². The normalized spacial score (nSPS) is 10.9. The van der Waals surface area contributed by atoms with E-state index in [0.717, 1.165) is 10.9 Å². The maximum Gasteiger partial charge on any atom is 0.270 e. The van der Waals surface area contributed by atoms with E-state index < -0.39 is 4.92 Å². The molecule has 0 bridgehead atoms. The molecule has 6 heteroatoms. The van der Waals surface area contributed by atoms with Crippen LogP contribution in [0.2, 0.25) is 0 Å². The molecule has 2 aromatic carbocycles. The van der Waals surface area contributed by atoms with Crippen molar-refractivity contribution < 1.29 is 4.92 Å². The summed E-state index contributed by atoms with van der Waals surface area (Å²) in [5, 5.41) is 15.8. The Labute approximate surface area is 126 Å². The third-order valence-electron chi connectivity index (χ3n) is 3.07. The molecule has 0 aliphatic carbocycles. The van der Waals surface area contributed by atoms with Gasteiger partial charge in [-0.3, -0.25) is 15.5 Å². The topological polar surface area (TPSA) is 80.4 Å². The molecule has 0 atom stereocenters. The Morgan fingerprint density at radius 1 is 1.09 bits per heavy atom. The Kier molecular flexibility index (Phi) is 3.74. The fraction of sp³-hybridized carbons (Fsp3) is 0. The van der Waals surface area contributed by atoms with Crippen LogP contribution in [0.4, 0.5) is 11.5 Å². The predicted molar refractivity (Wildman–Crippen MR) is 86.1 cm³/mol. The largest absolute Gasteiger partial charge is 0.270 e. The number of hydrogen-bond donors (Lipinski definition) is 1. The summed E-state index contributed by atoms with van der Waals surface area (Å²) < 4.78 is 0. The van der Waals surface area contributed by atoms with E-state index in [0.29, 0.717) is 11.4 Å². The first-order valence-electron chi connectivity index (χ1n) is 6.62. The van der Waals surface area contributed by atoms with Crippen LogP contribution in [-0.2, 0) is 0 Å². The average Bonchev–Trinajstić information content (AvgIpc) is 2.55. The van der Waals surface area contributed by atoms with Gasteiger partial charge >= 0.3 is 0 Å². The van der Waals surface area contributed by atoms with Gasteiger partial charge in [0.1, 0.15) is 5.82 Å². The van der Waals surface area contributed by atoms with E-state index in [4.69, 9.17) is 0 Å². The first-order chi connectivity index (χ1) is 10.7. The molecule has 22 heavy (non-hydrogen) atoms. The summed E-state index contributed by atoms with van der Waals surface area (Å²) in [4.78, 5) is 14.7. The van der Waals surface area contributed by atoms with Crippen molar-refractivity contribution in [2.75, 3.05) is 5.43 Å². The second kappa shape index (κ2) is 6.01. The molecule has 0 saturated heterocycles. The highest BCUT2D eigenvalue weighted by molar-refractivity contribution is 5.82. The van der Waals surface area contributed by atoms with Crippen molar-refractivity contribution >= 4 is 28.6 Å². The number of nitro benzene ring substituents is 1. The Morgan fingerprint density at radius 3 is 2.82 bits per heavy atom. The number of pyridine rings is 1. The van der Waals surface area contributed by atoms with Gasteiger partial charge in [-0.2, -0.15) is 5.10 Å². The third-order valence-corrected chi connectivity index (χ3v) is 3.07. The summed E-state index contributed by atoms with van der Waals surface area (Å²) in [6.45, 7) is 0. The number of non-ortho nitro benzene ring substituents is 1. The van der Waals surface area contributed by atoms with E-state index in [2.05, 4.69) is 15.5 Å². The minimum Gasteiger partial charge on any atom is -0.261 e. The molecule has 0 saturated carbocycles. The summed E-state index contributed by atoms with van der Waals surface area (Å²) >= 11 is 0. The molecule has 0 spiro atoms. The maximum absolute atomic E-state index is 10.7. The van der Waals surface area contributed by atoms with Crippen molar-refractivity contribution in [1.82, 2.24) is 4.98 Å². The minimum atomic E-state index is -0.435. The summed E-state index contributed by atoms with van der Waals surface area (Å²) in [5.41, 5.74) is 4.37. The van der Waals surface area contributed by atoms with E-state index in [1.807, 2.05) is 36.4 Å². The standard InChI is InChI=1S/C16H12N4O2/c21-20(22)14-6-3-4-12(10-14)11-17-19-16-9-8-13-5-1-2-7-15(13)18-16/h1-11H,(H,18,19). The van der Waals surface area contributed by atoms with Gasteiger partial charge in [-0.25, -0.2) is 4.98 Å². The SMILES string of the molecule is O=[N+]([O-])c1cccc(C=NNc2ccc3ccccc3n2)c1. The summed E-state index contributed by atoms with van der Waals surface area (Å²) in [5.74, 6) is 0.611. The highest BCUT2D eigenvalue weighted by atomic mass is 16.6. The average molecular weight is 292 g/mol. The number of nitro groups is 1. The fourth-order valence-electron chi connectivity index (χ4n) is 2.02. The van der Waals surface area contributed by atoms with Crippen molar-refractivity contribution in [3.8, 4) is 0 Å². The number of nitrogens with zero attached hydrogens (tertiary/aromatic N) is 3. The molecule has 3 aromatic rings. The molecule has 0 unspecified atom stereocenters. The van der Waals surface area contributed by atoms with Crippen molar-refractivity contribution in [3.63, 3.8) is 0 Å². The van der Waals surface area contributed by atoms with Gasteiger partial charge in [0.15, 0.2) is 0 Å². The van der Waals surface area contributed by atoms with Crippen molar-refractivity contribution in [3.05, 3.63) is 76.3 Å². The van der Waals surface area contributed by atoms with Crippen molar-refractivity contribution in [2.45, 2.75) is 0 Å². The van der Waals surface area contributed by atoms with Gasteiger partial charge in [0.05, 0.1) is 16.7 Å². The Morgan fingerprint density at radius 2 is 1.95 bits per heavy atom. The predicted octanol–water partition coefficient (Wildman–Crippen LogP) is 3.59. The van der Waals surface area contributed by atoms with Gasteiger partial charge in [0, 0.05) is 23.1 Å². The molecular weight excluding hydrogens is 280 g/mol. The molecule has 108 valence electrons. The van der Waals surface area contributed by atoms with Crippen LogP contribution in [0.25, 0.3) is 10.9 Å². The number of nitrogens with one attached hydrogen (secondary N) is 1. The molecule has 0 fully saturated rings. The van der Waals surface area contributed by atoms with Gasteiger partial charge in [-0.1, -0.05) is 30.3 Å². The summed E-state index contributed by atoms with van der Waals surface area (Å²) in [6.07, 6.45) is 1.52. The lowest BCUT2D eigenvalue weighted by atomic mass is 10.2. The van der Waals surface area contributed by atoms with Crippen LogP contribution in [0.5, 0.6) is 0 Å². The number of para-hydroxylation sites is 1. The lowest BCUT2D eigenvalue weighted by Crippen LogP contribution is -1.94. The second-order valence-electron chi connectivity index (χ2n) is 4.61. The molecular formula is C16H12N4O2. The smallest absolute Gasteiger partial charge is 0.261 e. The molecule has 0 amide bonds. The number of aromatic nitrogens is 1. The lowest BCUT2D eigenvalue weighted by molar-refractivity contribution is -0.384.